The highest BCUT2D eigenvalue weighted by Crippen LogP contribution is 2.23. The van der Waals surface area contributed by atoms with Crippen molar-refractivity contribution in [2.24, 2.45) is 5.14 Å². The fourth-order valence-electron chi connectivity index (χ4n) is 1.69. The lowest BCUT2D eigenvalue weighted by Gasteiger charge is -2.17. The summed E-state index contributed by atoms with van der Waals surface area (Å²) in [5, 5.41) is 4.94. The van der Waals surface area contributed by atoms with Crippen LogP contribution in [0.15, 0.2) is 30.3 Å². The fraction of sp³-hybridized carbons (Fsp3) is 0.500. The molecule has 5 nitrogen and oxygen atoms in total. The molecule has 102 valence electrons. The van der Waals surface area contributed by atoms with E-state index in [4.69, 9.17) is 9.32 Å². The molecule has 0 aliphatic carbocycles. The molecule has 0 radical (unpaired) electrons. The summed E-state index contributed by atoms with van der Waals surface area (Å²) in [6.45, 7) is 0.872. The second-order valence-electron chi connectivity index (χ2n) is 4.43. The van der Waals surface area contributed by atoms with E-state index in [9.17, 15) is 8.42 Å². The Morgan fingerprint density at radius 3 is 2.39 bits per heavy atom. The predicted molar refractivity (Wildman–Crippen MR) is 71.2 cm³/mol. The van der Waals surface area contributed by atoms with E-state index in [1.807, 2.05) is 49.3 Å². The van der Waals surface area contributed by atoms with Gasteiger partial charge in [0.05, 0.1) is 0 Å². The Hall–Kier alpha value is -0.950. The number of hydrogen-bond acceptors (Lipinski definition) is 4. The van der Waals surface area contributed by atoms with Crippen LogP contribution in [0.1, 0.15) is 24.5 Å². The summed E-state index contributed by atoms with van der Waals surface area (Å²) in [7, 11) is 0.00483. The van der Waals surface area contributed by atoms with Crippen LogP contribution in [0.2, 0.25) is 0 Å². The largest absolute Gasteiger partial charge is 0.333 e. The van der Waals surface area contributed by atoms with Gasteiger partial charge in [-0.2, -0.15) is 8.42 Å². The van der Waals surface area contributed by atoms with E-state index in [-0.39, 0.29) is 0 Å². The minimum Gasteiger partial charge on any atom is -0.309 e. The van der Waals surface area contributed by atoms with Gasteiger partial charge in [0, 0.05) is 0 Å². The van der Waals surface area contributed by atoms with Crippen molar-refractivity contribution in [3.05, 3.63) is 35.9 Å². The maximum atomic E-state index is 11.1. The molecule has 0 aliphatic heterocycles. The zero-order valence-electron chi connectivity index (χ0n) is 10.7. The summed E-state index contributed by atoms with van der Waals surface area (Å²) >= 11 is 0. The average molecular weight is 272 g/mol. The smallest absolute Gasteiger partial charge is 0.309 e. The third-order valence-electron chi connectivity index (χ3n) is 2.49. The van der Waals surface area contributed by atoms with E-state index in [0.717, 1.165) is 18.5 Å². The summed E-state index contributed by atoms with van der Waals surface area (Å²) in [6.07, 6.45) is 0.932. The predicted octanol–water partition coefficient (Wildman–Crippen LogP) is 1.29. The van der Waals surface area contributed by atoms with Gasteiger partial charge in [-0.25, -0.2) is 5.14 Å². The van der Waals surface area contributed by atoms with Crippen molar-refractivity contribution in [1.82, 2.24) is 4.90 Å². The van der Waals surface area contributed by atoms with E-state index >= 15 is 0 Å². The van der Waals surface area contributed by atoms with Gasteiger partial charge >= 0.3 is 10.3 Å². The first-order valence-electron chi connectivity index (χ1n) is 5.79. The first-order chi connectivity index (χ1) is 8.38. The molecule has 0 amide bonds. The Morgan fingerprint density at radius 2 is 1.89 bits per heavy atom. The zero-order valence-corrected chi connectivity index (χ0v) is 11.6. The van der Waals surface area contributed by atoms with Crippen LogP contribution >= 0.6 is 0 Å². The third-order valence-corrected chi connectivity index (χ3v) is 2.99. The zero-order chi connectivity index (χ0) is 13.6. The number of benzene rings is 1. The van der Waals surface area contributed by atoms with Crippen LogP contribution in [0.3, 0.4) is 0 Å². The molecular formula is C12H20N2O3S. The van der Waals surface area contributed by atoms with Crippen molar-refractivity contribution in [3.63, 3.8) is 0 Å². The maximum Gasteiger partial charge on any atom is 0.333 e. The van der Waals surface area contributed by atoms with E-state index in [1.54, 1.807) is 0 Å². The van der Waals surface area contributed by atoms with Gasteiger partial charge in [-0.1, -0.05) is 30.3 Å². The van der Waals surface area contributed by atoms with Gasteiger partial charge in [-0.05, 0) is 39.0 Å². The van der Waals surface area contributed by atoms with Gasteiger partial charge in [0.15, 0.2) is 0 Å². The molecule has 6 heteroatoms. The molecule has 0 spiro atoms. The highest BCUT2D eigenvalue weighted by molar-refractivity contribution is 7.84. The molecule has 18 heavy (non-hydrogen) atoms. The lowest BCUT2D eigenvalue weighted by molar-refractivity contribution is 0.194. The highest BCUT2D eigenvalue weighted by atomic mass is 32.2. The molecule has 0 saturated heterocycles. The van der Waals surface area contributed by atoms with Crippen molar-refractivity contribution >= 4 is 10.3 Å². The fourth-order valence-corrected chi connectivity index (χ4v) is 2.22. The molecule has 1 atom stereocenters. The van der Waals surface area contributed by atoms with Crippen molar-refractivity contribution in [3.8, 4) is 0 Å². The second kappa shape index (κ2) is 6.84. The summed E-state index contributed by atoms with van der Waals surface area (Å²) in [5.74, 6) is 0. The standard InChI is InChI=1S/C12H20N2O3S/c1-14(2)10-6-9-12(17-18(13,15)16)11-7-4-3-5-8-11/h3-5,7-8,12H,6,9-10H2,1-2H3,(H2,13,15,16). The summed E-state index contributed by atoms with van der Waals surface area (Å²) < 4.78 is 27.1. The molecule has 1 rings (SSSR count). The molecule has 0 aliphatic rings. The normalized spacial score (nSPS) is 13.8. The van der Waals surface area contributed by atoms with E-state index < -0.39 is 16.4 Å². The van der Waals surface area contributed by atoms with Crippen LogP contribution in [-0.4, -0.2) is 34.0 Å². The lowest BCUT2D eigenvalue weighted by Crippen LogP contribution is -2.21. The van der Waals surface area contributed by atoms with Crippen LogP contribution in [0.25, 0.3) is 0 Å². The molecule has 0 aromatic heterocycles. The van der Waals surface area contributed by atoms with Crippen molar-refractivity contribution in [2.45, 2.75) is 18.9 Å². The van der Waals surface area contributed by atoms with Crippen molar-refractivity contribution in [2.75, 3.05) is 20.6 Å². The molecular weight excluding hydrogens is 252 g/mol. The molecule has 1 aromatic carbocycles. The van der Waals surface area contributed by atoms with Crippen LogP contribution < -0.4 is 5.14 Å². The lowest BCUT2D eigenvalue weighted by atomic mass is 10.1. The minimum atomic E-state index is -3.94. The quantitative estimate of drug-likeness (QED) is 0.811. The monoisotopic (exact) mass is 272 g/mol. The van der Waals surface area contributed by atoms with Gasteiger partial charge in [-0.3, -0.25) is 4.18 Å². The Balaban J connectivity index is 2.70. The molecule has 0 bridgehead atoms. The van der Waals surface area contributed by atoms with Crippen molar-refractivity contribution in [1.29, 1.82) is 0 Å². The topological polar surface area (TPSA) is 72.6 Å². The van der Waals surface area contributed by atoms with Gasteiger partial charge < -0.3 is 4.90 Å². The third kappa shape index (κ3) is 6.11. The van der Waals surface area contributed by atoms with E-state index in [1.165, 1.54) is 0 Å². The number of rotatable bonds is 7. The van der Waals surface area contributed by atoms with Crippen LogP contribution in [0.4, 0.5) is 0 Å². The van der Waals surface area contributed by atoms with Gasteiger partial charge in [0.25, 0.3) is 0 Å². The van der Waals surface area contributed by atoms with E-state index in [0.29, 0.717) is 6.42 Å². The highest BCUT2D eigenvalue weighted by Gasteiger charge is 2.17. The summed E-state index contributed by atoms with van der Waals surface area (Å²) in [5.41, 5.74) is 0.824. The van der Waals surface area contributed by atoms with Crippen LogP contribution in [0.5, 0.6) is 0 Å². The van der Waals surface area contributed by atoms with Gasteiger partial charge in [0.2, 0.25) is 0 Å². The van der Waals surface area contributed by atoms with Crippen LogP contribution in [0, 0.1) is 0 Å². The Bertz CT molecular complexity index is 446. The second-order valence-corrected chi connectivity index (χ2v) is 5.61. The number of hydrogen-bond donors (Lipinski definition) is 1. The molecule has 0 saturated carbocycles. The Morgan fingerprint density at radius 1 is 1.28 bits per heavy atom. The summed E-state index contributed by atoms with van der Waals surface area (Å²) in [6, 6.07) is 9.25. The maximum absolute atomic E-state index is 11.1. The molecule has 2 N–H and O–H groups in total. The van der Waals surface area contributed by atoms with Crippen molar-refractivity contribution < 1.29 is 12.6 Å². The molecule has 1 unspecified atom stereocenters. The molecule has 0 heterocycles. The van der Waals surface area contributed by atoms with Crippen LogP contribution in [-0.2, 0) is 14.5 Å². The van der Waals surface area contributed by atoms with E-state index in [2.05, 4.69) is 0 Å². The van der Waals surface area contributed by atoms with Gasteiger partial charge in [-0.15, -0.1) is 0 Å². The first kappa shape index (κ1) is 15.1. The molecule has 0 fully saturated rings. The number of nitrogens with two attached hydrogens (primary N) is 1. The Kier molecular flexibility index (Phi) is 5.74. The van der Waals surface area contributed by atoms with Gasteiger partial charge in [0.1, 0.15) is 6.10 Å². The average Bonchev–Trinajstić information content (AvgIpc) is 2.27. The number of nitrogens with zero attached hydrogens (tertiary/aromatic N) is 1. The Labute approximate surface area is 109 Å². The molecule has 1 aromatic rings. The SMILES string of the molecule is CN(C)CCCC(OS(N)(=O)=O)c1ccccc1. The summed E-state index contributed by atoms with van der Waals surface area (Å²) in [4.78, 5) is 2.04. The minimum absolute atomic E-state index is 0.513. The first-order valence-corrected chi connectivity index (χ1v) is 7.26.